The van der Waals surface area contributed by atoms with Gasteiger partial charge in [-0.15, -0.1) is 10.2 Å². The smallest absolute Gasteiger partial charge is 0.220 e. The van der Waals surface area contributed by atoms with E-state index in [1.54, 1.807) is 13.3 Å². The van der Waals surface area contributed by atoms with Crippen LogP contribution < -0.4 is 4.90 Å². The van der Waals surface area contributed by atoms with Crippen molar-refractivity contribution >= 4 is 23.3 Å². The normalized spacial score (nSPS) is 25.7. The summed E-state index contributed by atoms with van der Waals surface area (Å²) in [6, 6.07) is 1.99. The predicted molar refractivity (Wildman–Crippen MR) is 92.6 cm³/mol. The first-order valence-electron chi connectivity index (χ1n) is 8.71. The monoisotopic (exact) mass is 353 g/mol. The SMILES string of the molecule is Cc1nnc(C2CC23CN(C=O)CCN(c2ncnc4[nH]ccc24)C3)o1. The van der Waals surface area contributed by atoms with Gasteiger partial charge in [-0.25, -0.2) is 9.97 Å². The zero-order chi connectivity index (χ0) is 17.7. The molecule has 0 aromatic carbocycles. The highest BCUT2D eigenvalue weighted by Gasteiger charge is 2.60. The van der Waals surface area contributed by atoms with Crippen LogP contribution >= 0.6 is 0 Å². The lowest BCUT2D eigenvalue weighted by Crippen LogP contribution is -2.32. The molecule has 1 amide bonds. The molecule has 9 nitrogen and oxygen atoms in total. The second-order valence-electron chi connectivity index (χ2n) is 7.21. The Balaban J connectivity index is 1.50. The Morgan fingerprint density at radius 3 is 3.04 bits per heavy atom. The van der Waals surface area contributed by atoms with E-state index in [0.29, 0.717) is 24.9 Å². The van der Waals surface area contributed by atoms with Gasteiger partial charge in [-0.3, -0.25) is 4.79 Å². The third-order valence-electron chi connectivity index (χ3n) is 5.49. The van der Waals surface area contributed by atoms with E-state index in [1.807, 2.05) is 17.2 Å². The van der Waals surface area contributed by atoms with Crippen molar-refractivity contribution in [2.75, 3.05) is 31.1 Å². The maximum atomic E-state index is 11.5. The molecule has 1 aliphatic carbocycles. The maximum Gasteiger partial charge on any atom is 0.220 e. The molecule has 0 radical (unpaired) electrons. The average molecular weight is 353 g/mol. The number of fused-ring (bicyclic) bond motifs is 1. The van der Waals surface area contributed by atoms with Crippen LogP contribution in [0.25, 0.3) is 11.0 Å². The first kappa shape index (κ1) is 15.3. The maximum absolute atomic E-state index is 11.5. The van der Waals surface area contributed by atoms with Gasteiger partial charge in [0.2, 0.25) is 18.2 Å². The number of rotatable bonds is 3. The van der Waals surface area contributed by atoms with Crippen LogP contribution in [0.3, 0.4) is 0 Å². The quantitative estimate of drug-likeness (QED) is 0.703. The second kappa shape index (κ2) is 5.52. The number of carbonyl (C=O) groups is 1. The van der Waals surface area contributed by atoms with E-state index in [4.69, 9.17) is 4.42 Å². The van der Waals surface area contributed by atoms with Crippen molar-refractivity contribution in [2.45, 2.75) is 19.3 Å². The van der Waals surface area contributed by atoms with Crippen molar-refractivity contribution < 1.29 is 9.21 Å². The standard InChI is InChI=1S/C17H19N7O2/c1-11-21-22-16(26-11)13-6-17(13)7-23(10-25)4-5-24(8-17)15-12-2-3-18-14(12)19-9-20-15/h2-3,9-10,13H,4-8H2,1H3,(H,18,19,20). The first-order valence-corrected chi connectivity index (χ1v) is 8.71. The predicted octanol–water partition coefficient (Wildman–Crippen LogP) is 1.10. The van der Waals surface area contributed by atoms with E-state index < -0.39 is 0 Å². The summed E-state index contributed by atoms with van der Waals surface area (Å²) in [7, 11) is 0. The van der Waals surface area contributed by atoms with E-state index in [-0.39, 0.29) is 11.3 Å². The van der Waals surface area contributed by atoms with Gasteiger partial charge in [0.05, 0.1) is 5.39 Å². The van der Waals surface area contributed by atoms with Gasteiger partial charge in [-0.1, -0.05) is 0 Å². The molecule has 1 spiro atoms. The summed E-state index contributed by atoms with van der Waals surface area (Å²) in [5.74, 6) is 2.32. The van der Waals surface area contributed by atoms with Crippen LogP contribution in [0.15, 0.2) is 23.0 Å². The minimum absolute atomic E-state index is 0.0794. The molecule has 9 heteroatoms. The fourth-order valence-corrected chi connectivity index (χ4v) is 4.12. The largest absolute Gasteiger partial charge is 0.425 e. The minimum atomic E-state index is -0.0794. The van der Waals surface area contributed by atoms with E-state index in [2.05, 4.69) is 30.0 Å². The van der Waals surface area contributed by atoms with Crippen LogP contribution in [0.1, 0.15) is 24.1 Å². The number of carbonyl (C=O) groups excluding carboxylic acids is 1. The summed E-state index contributed by atoms with van der Waals surface area (Å²) < 4.78 is 5.67. The van der Waals surface area contributed by atoms with Crippen molar-refractivity contribution in [3.8, 4) is 0 Å². The lowest BCUT2D eigenvalue weighted by Gasteiger charge is -2.25. The fourth-order valence-electron chi connectivity index (χ4n) is 4.12. The Kier molecular flexibility index (Phi) is 3.25. The van der Waals surface area contributed by atoms with Crippen LogP contribution in [-0.2, 0) is 4.79 Å². The molecule has 0 bridgehead atoms. The Hall–Kier alpha value is -2.97. The minimum Gasteiger partial charge on any atom is -0.425 e. The molecule has 134 valence electrons. The van der Waals surface area contributed by atoms with Gasteiger partial charge in [0.1, 0.15) is 17.8 Å². The molecule has 2 atom stereocenters. The number of hydrogen-bond donors (Lipinski definition) is 1. The van der Waals surface area contributed by atoms with Crippen molar-refractivity contribution in [1.29, 1.82) is 0 Å². The van der Waals surface area contributed by atoms with Crippen molar-refractivity contribution in [3.63, 3.8) is 0 Å². The summed E-state index contributed by atoms with van der Waals surface area (Å²) in [5, 5.41) is 9.16. The fraction of sp³-hybridized carbons (Fsp3) is 0.471. The molecule has 1 saturated carbocycles. The van der Waals surface area contributed by atoms with E-state index in [9.17, 15) is 4.79 Å². The Bertz CT molecular complexity index is 967. The van der Waals surface area contributed by atoms with Gasteiger partial charge in [-0.05, 0) is 12.5 Å². The summed E-state index contributed by atoms with van der Waals surface area (Å²) in [4.78, 5) is 27.5. The molecule has 1 N–H and O–H groups in total. The molecule has 4 heterocycles. The Morgan fingerprint density at radius 1 is 1.31 bits per heavy atom. The molecule has 26 heavy (non-hydrogen) atoms. The topological polar surface area (TPSA) is 104 Å². The highest BCUT2D eigenvalue weighted by atomic mass is 16.4. The van der Waals surface area contributed by atoms with Crippen LogP contribution in [0.4, 0.5) is 5.82 Å². The van der Waals surface area contributed by atoms with Gasteiger partial charge in [0, 0.05) is 50.6 Å². The number of aryl methyl sites for hydroxylation is 1. The number of nitrogens with one attached hydrogen (secondary N) is 1. The highest BCUT2D eigenvalue weighted by Crippen LogP contribution is 2.60. The molecule has 2 aliphatic rings. The lowest BCUT2D eigenvalue weighted by atomic mass is 10.0. The molecule has 1 aliphatic heterocycles. The Morgan fingerprint density at radius 2 is 2.23 bits per heavy atom. The van der Waals surface area contributed by atoms with Crippen molar-refractivity contribution in [3.05, 3.63) is 30.4 Å². The molecule has 3 aromatic heterocycles. The third kappa shape index (κ3) is 2.34. The molecule has 2 fully saturated rings. The number of H-pyrrole nitrogens is 1. The van der Waals surface area contributed by atoms with Crippen molar-refractivity contribution in [1.82, 2.24) is 30.0 Å². The zero-order valence-corrected chi connectivity index (χ0v) is 14.4. The lowest BCUT2D eigenvalue weighted by molar-refractivity contribution is -0.118. The molecule has 3 aromatic rings. The first-order chi connectivity index (χ1) is 12.7. The van der Waals surface area contributed by atoms with Crippen LogP contribution in [0, 0.1) is 12.3 Å². The summed E-state index contributed by atoms with van der Waals surface area (Å²) in [6.07, 6.45) is 5.31. The molecule has 2 unspecified atom stereocenters. The molecule has 1 saturated heterocycles. The van der Waals surface area contributed by atoms with Gasteiger partial charge in [-0.2, -0.15) is 0 Å². The van der Waals surface area contributed by atoms with Crippen LogP contribution in [-0.4, -0.2) is 62.6 Å². The number of anilines is 1. The van der Waals surface area contributed by atoms with E-state index in [1.165, 1.54) is 0 Å². The second-order valence-corrected chi connectivity index (χ2v) is 7.21. The summed E-state index contributed by atoms with van der Waals surface area (Å²) in [5.41, 5.74) is 0.740. The zero-order valence-electron chi connectivity index (χ0n) is 14.4. The Labute approximate surface area is 149 Å². The number of amides is 1. The number of aromatic amines is 1. The summed E-state index contributed by atoms with van der Waals surface area (Å²) >= 11 is 0. The molecule has 5 rings (SSSR count). The summed E-state index contributed by atoms with van der Waals surface area (Å²) in [6.45, 7) is 4.68. The molecular formula is C17H19N7O2. The van der Waals surface area contributed by atoms with Gasteiger partial charge < -0.3 is 19.2 Å². The number of aromatic nitrogens is 5. The van der Waals surface area contributed by atoms with Gasteiger partial charge >= 0.3 is 0 Å². The number of nitrogens with zero attached hydrogens (tertiary/aromatic N) is 6. The van der Waals surface area contributed by atoms with Crippen LogP contribution in [0.5, 0.6) is 0 Å². The third-order valence-corrected chi connectivity index (χ3v) is 5.49. The number of hydrogen-bond acceptors (Lipinski definition) is 7. The van der Waals surface area contributed by atoms with Crippen LogP contribution in [0.2, 0.25) is 0 Å². The molecular weight excluding hydrogens is 334 g/mol. The average Bonchev–Trinajstić information content (AvgIpc) is 2.97. The van der Waals surface area contributed by atoms with Gasteiger partial charge in [0.25, 0.3) is 0 Å². The van der Waals surface area contributed by atoms with E-state index in [0.717, 1.165) is 42.8 Å². The highest BCUT2D eigenvalue weighted by molar-refractivity contribution is 5.87. The van der Waals surface area contributed by atoms with Crippen molar-refractivity contribution in [2.24, 2.45) is 5.41 Å². The van der Waals surface area contributed by atoms with E-state index >= 15 is 0 Å². The van der Waals surface area contributed by atoms with Gasteiger partial charge in [0.15, 0.2) is 0 Å².